The zero-order valence-electron chi connectivity index (χ0n) is 9.26. The molecule has 1 aliphatic heterocycles. The molecule has 0 fully saturated rings. The van der Waals surface area contributed by atoms with Crippen LogP contribution in [0.2, 0.25) is 0 Å². The molecule has 0 saturated heterocycles. The Balaban J connectivity index is 2.24. The van der Waals surface area contributed by atoms with Crippen molar-refractivity contribution >= 4 is 29.5 Å². The number of carbonyl (C=O) groups excluding carboxylic acids is 1. The van der Waals surface area contributed by atoms with E-state index < -0.39 is 11.2 Å². The van der Waals surface area contributed by atoms with Gasteiger partial charge in [0.15, 0.2) is 0 Å². The van der Waals surface area contributed by atoms with Crippen molar-refractivity contribution in [1.82, 2.24) is 0 Å². The average Bonchev–Trinajstić information content (AvgIpc) is 2.35. The second kappa shape index (κ2) is 4.34. The van der Waals surface area contributed by atoms with Gasteiger partial charge in [-0.05, 0) is 35.9 Å². The van der Waals surface area contributed by atoms with E-state index in [-0.39, 0.29) is 0 Å². The summed E-state index contributed by atoms with van der Waals surface area (Å²) in [7, 11) is 0. The van der Waals surface area contributed by atoms with Gasteiger partial charge < -0.3 is 4.74 Å². The lowest BCUT2D eigenvalue weighted by molar-refractivity contribution is -0.112. The van der Waals surface area contributed by atoms with Gasteiger partial charge in [0.25, 0.3) is 0 Å². The Morgan fingerprint density at radius 2 is 1.83 bits per heavy atom. The summed E-state index contributed by atoms with van der Waals surface area (Å²) in [5, 5.41) is -0.411. The molecule has 2 aromatic rings. The number of benzene rings is 2. The van der Waals surface area contributed by atoms with E-state index in [1.54, 1.807) is 6.07 Å². The van der Waals surface area contributed by atoms with E-state index in [9.17, 15) is 4.79 Å². The lowest BCUT2D eigenvalue weighted by Gasteiger charge is -2.26. The zero-order chi connectivity index (χ0) is 12.7. The first kappa shape index (κ1) is 11.6. The summed E-state index contributed by atoms with van der Waals surface area (Å²) in [6, 6.07) is 12.9. The van der Waals surface area contributed by atoms with Gasteiger partial charge in [-0.2, -0.15) is 0 Å². The molecule has 0 aliphatic carbocycles. The van der Waals surface area contributed by atoms with Crippen LogP contribution < -0.4 is 4.74 Å². The first-order valence-electron chi connectivity index (χ1n) is 5.46. The van der Waals surface area contributed by atoms with Gasteiger partial charge in [0.1, 0.15) is 11.5 Å². The van der Waals surface area contributed by atoms with Crippen LogP contribution in [0.5, 0.6) is 11.5 Å². The van der Waals surface area contributed by atoms with E-state index in [1.807, 2.05) is 36.4 Å². The first-order chi connectivity index (χ1) is 8.66. The Hall–Kier alpha value is -1.45. The van der Waals surface area contributed by atoms with Crippen LogP contribution in [0.1, 0.15) is 17.0 Å². The second-order valence-corrected chi connectivity index (χ2v) is 4.99. The minimum absolute atomic E-state index is 0.411. The van der Waals surface area contributed by atoms with Gasteiger partial charge in [0.2, 0.25) is 5.24 Å². The van der Waals surface area contributed by atoms with Crippen LogP contribution in [-0.2, 0) is 4.79 Å². The molecule has 1 aliphatic rings. The first-order valence-corrected chi connectivity index (χ1v) is 6.28. The molecule has 0 spiro atoms. The number of carbonyl (C=O) groups is 1. The predicted octanol–water partition coefficient (Wildman–Crippen LogP) is 3.98. The molecule has 4 heteroatoms. The SMILES string of the molecule is O=C(Cl)C1c2ccccc2Oc2ccc(S)cc21. The van der Waals surface area contributed by atoms with Crippen LogP contribution in [0.15, 0.2) is 47.4 Å². The topological polar surface area (TPSA) is 26.3 Å². The smallest absolute Gasteiger partial charge is 0.233 e. The third-order valence-corrected chi connectivity index (χ3v) is 3.48. The Bertz CT molecular complexity index is 639. The van der Waals surface area contributed by atoms with Gasteiger partial charge in [-0.3, -0.25) is 4.79 Å². The van der Waals surface area contributed by atoms with Gasteiger partial charge in [-0.25, -0.2) is 0 Å². The number of fused-ring (bicyclic) bond motifs is 2. The lowest BCUT2D eigenvalue weighted by atomic mass is 9.89. The third-order valence-electron chi connectivity index (χ3n) is 2.98. The van der Waals surface area contributed by atoms with Crippen molar-refractivity contribution in [2.75, 3.05) is 0 Å². The largest absolute Gasteiger partial charge is 0.457 e. The summed E-state index contributed by atoms with van der Waals surface area (Å²) >= 11 is 10.0. The van der Waals surface area contributed by atoms with Crippen molar-refractivity contribution in [1.29, 1.82) is 0 Å². The molecule has 2 nitrogen and oxygen atoms in total. The number of halogens is 1. The molecule has 1 unspecified atom stereocenters. The van der Waals surface area contributed by atoms with Crippen LogP contribution in [0.25, 0.3) is 0 Å². The molecular formula is C14H9ClO2S. The summed E-state index contributed by atoms with van der Waals surface area (Å²) in [6.07, 6.45) is 0. The molecule has 0 bridgehead atoms. The number of thiol groups is 1. The minimum Gasteiger partial charge on any atom is -0.457 e. The van der Waals surface area contributed by atoms with Crippen molar-refractivity contribution in [3.05, 3.63) is 53.6 Å². The van der Waals surface area contributed by atoms with E-state index in [0.29, 0.717) is 11.5 Å². The number of para-hydroxylation sites is 1. The van der Waals surface area contributed by atoms with E-state index in [4.69, 9.17) is 16.3 Å². The molecule has 0 N–H and O–H groups in total. The summed E-state index contributed by atoms with van der Waals surface area (Å²) < 4.78 is 5.77. The van der Waals surface area contributed by atoms with Crippen LogP contribution in [0.3, 0.4) is 0 Å². The minimum atomic E-state index is -0.487. The van der Waals surface area contributed by atoms with Crippen molar-refractivity contribution < 1.29 is 9.53 Å². The summed E-state index contributed by atoms with van der Waals surface area (Å²) in [5.74, 6) is 0.847. The van der Waals surface area contributed by atoms with E-state index in [1.165, 1.54) is 0 Å². The maximum absolute atomic E-state index is 11.7. The number of ether oxygens (including phenoxy) is 1. The van der Waals surface area contributed by atoms with Crippen molar-refractivity contribution in [2.45, 2.75) is 10.8 Å². The van der Waals surface area contributed by atoms with Crippen molar-refractivity contribution in [3.8, 4) is 11.5 Å². The average molecular weight is 277 g/mol. The maximum atomic E-state index is 11.7. The highest BCUT2D eigenvalue weighted by molar-refractivity contribution is 7.80. The Morgan fingerprint density at radius 1 is 1.11 bits per heavy atom. The summed E-state index contributed by atoms with van der Waals surface area (Å²) in [5.41, 5.74) is 1.56. The van der Waals surface area contributed by atoms with Crippen LogP contribution in [0, 0.1) is 0 Å². The fraction of sp³-hybridized carbons (Fsp3) is 0.0714. The Labute approximate surface area is 115 Å². The Kier molecular flexibility index (Phi) is 2.80. The second-order valence-electron chi connectivity index (χ2n) is 4.10. The molecule has 1 heterocycles. The summed E-state index contributed by atoms with van der Waals surface area (Å²) in [4.78, 5) is 12.5. The number of rotatable bonds is 1. The molecule has 1 atom stereocenters. The molecule has 0 aromatic heterocycles. The Morgan fingerprint density at radius 3 is 2.61 bits per heavy atom. The lowest BCUT2D eigenvalue weighted by Crippen LogP contribution is -2.15. The van der Waals surface area contributed by atoms with E-state index >= 15 is 0 Å². The van der Waals surface area contributed by atoms with Crippen LogP contribution >= 0.6 is 24.2 Å². The quantitative estimate of drug-likeness (QED) is 0.630. The number of hydrogen-bond acceptors (Lipinski definition) is 3. The monoisotopic (exact) mass is 276 g/mol. The van der Waals surface area contributed by atoms with Gasteiger partial charge in [-0.1, -0.05) is 18.2 Å². The van der Waals surface area contributed by atoms with Crippen molar-refractivity contribution in [2.24, 2.45) is 0 Å². The predicted molar refractivity (Wildman–Crippen MR) is 72.9 cm³/mol. The van der Waals surface area contributed by atoms with Gasteiger partial charge >= 0.3 is 0 Å². The van der Waals surface area contributed by atoms with Crippen LogP contribution in [-0.4, -0.2) is 5.24 Å². The maximum Gasteiger partial charge on any atom is 0.233 e. The summed E-state index contributed by atoms with van der Waals surface area (Å²) in [6.45, 7) is 0. The van der Waals surface area contributed by atoms with Gasteiger partial charge in [-0.15, -0.1) is 12.6 Å². The van der Waals surface area contributed by atoms with Crippen LogP contribution in [0.4, 0.5) is 0 Å². The highest BCUT2D eigenvalue weighted by atomic mass is 35.5. The highest BCUT2D eigenvalue weighted by Gasteiger charge is 2.31. The third kappa shape index (κ3) is 1.80. The van der Waals surface area contributed by atoms with Gasteiger partial charge in [0.05, 0.1) is 5.92 Å². The molecular weight excluding hydrogens is 268 g/mol. The molecule has 2 aromatic carbocycles. The molecule has 0 radical (unpaired) electrons. The van der Waals surface area contributed by atoms with Crippen molar-refractivity contribution in [3.63, 3.8) is 0 Å². The van der Waals surface area contributed by atoms with E-state index in [2.05, 4.69) is 12.6 Å². The fourth-order valence-corrected chi connectivity index (χ4v) is 2.65. The van der Waals surface area contributed by atoms with Gasteiger partial charge in [0, 0.05) is 16.0 Å². The zero-order valence-corrected chi connectivity index (χ0v) is 10.9. The normalized spacial score (nSPS) is 16.4. The molecule has 90 valence electrons. The molecule has 18 heavy (non-hydrogen) atoms. The highest BCUT2D eigenvalue weighted by Crippen LogP contribution is 2.45. The standard InChI is InChI=1S/C14H9ClO2S/c15-14(16)13-9-3-1-2-4-11(9)17-12-6-5-8(18)7-10(12)13/h1-7,13,18H. The molecule has 0 saturated carbocycles. The molecule has 0 amide bonds. The number of hydrogen-bond donors (Lipinski definition) is 1. The molecule has 3 rings (SSSR count). The fourth-order valence-electron chi connectivity index (χ4n) is 2.20. The van der Waals surface area contributed by atoms with E-state index in [0.717, 1.165) is 16.0 Å².